The van der Waals surface area contributed by atoms with E-state index in [1.54, 1.807) is 18.5 Å². The van der Waals surface area contributed by atoms with Gasteiger partial charge in [-0.2, -0.15) is 4.31 Å². The Labute approximate surface area is 111 Å². The van der Waals surface area contributed by atoms with Gasteiger partial charge in [0.2, 0.25) is 0 Å². The fourth-order valence-electron chi connectivity index (χ4n) is 1.41. The lowest BCUT2D eigenvalue weighted by atomic mass is 10.6. The van der Waals surface area contributed by atoms with E-state index in [0.717, 1.165) is 4.31 Å². The quantitative estimate of drug-likeness (QED) is 0.723. The average Bonchev–Trinajstić information content (AvgIpc) is 2.65. The van der Waals surface area contributed by atoms with Crippen molar-refractivity contribution < 1.29 is 23.1 Å². The summed E-state index contributed by atoms with van der Waals surface area (Å²) in [5.74, 6) is -0.701. The van der Waals surface area contributed by atoms with Crippen molar-refractivity contribution >= 4 is 16.0 Å². The van der Waals surface area contributed by atoms with E-state index < -0.39 is 22.5 Å². The normalized spacial score (nSPS) is 12.0. The van der Waals surface area contributed by atoms with E-state index in [4.69, 9.17) is 9.84 Å². The molecule has 0 saturated carbocycles. The first-order valence-corrected chi connectivity index (χ1v) is 6.94. The molecule has 0 atom stereocenters. The summed E-state index contributed by atoms with van der Waals surface area (Å²) >= 11 is 0. The highest BCUT2D eigenvalue weighted by Crippen LogP contribution is 2.14. The highest BCUT2D eigenvalue weighted by molar-refractivity contribution is 7.89. The molecule has 1 aromatic rings. The Morgan fingerprint density at radius 2 is 2.21 bits per heavy atom. The first kappa shape index (κ1) is 15.6. The maximum atomic E-state index is 12.3. The molecule has 0 aliphatic carbocycles. The zero-order valence-electron chi connectivity index (χ0n) is 11.0. The molecule has 1 aromatic heterocycles. The van der Waals surface area contributed by atoms with Gasteiger partial charge in [-0.1, -0.05) is 0 Å². The molecule has 0 amide bonds. The van der Waals surface area contributed by atoms with Gasteiger partial charge in [-0.3, -0.25) is 4.79 Å². The SMILES string of the molecule is COCCN(CC(=O)O)S(=O)(=O)c1cn(C)c(C)n1. The number of carbonyl (C=O) groups is 1. The predicted octanol–water partition coefficient (Wildman–Crippen LogP) is -0.550. The van der Waals surface area contributed by atoms with E-state index in [2.05, 4.69) is 4.98 Å². The Morgan fingerprint density at radius 1 is 1.58 bits per heavy atom. The smallest absolute Gasteiger partial charge is 0.318 e. The molecule has 0 bridgehead atoms. The second-order valence-corrected chi connectivity index (χ2v) is 5.85. The Morgan fingerprint density at radius 3 is 2.63 bits per heavy atom. The summed E-state index contributed by atoms with van der Waals surface area (Å²) in [6.07, 6.45) is 1.35. The van der Waals surface area contributed by atoms with E-state index in [1.165, 1.54) is 13.3 Å². The summed E-state index contributed by atoms with van der Waals surface area (Å²) in [4.78, 5) is 14.7. The molecular weight excluding hydrogens is 274 g/mol. The second-order valence-electron chi connectivity index (χ2n) is 3.96. The topological polar surface area (TPSA) is 102 Å². The molecule has 108 valence electrons. The van der Waals surface area contributed by atoms with Gasteiger partial charge in [0, 0.05) is 26.9 Å². The molecule has 0 fully saturated rings. The number of methoxy groups -OCH3 is 1. The number of ether oxygens (including phenoxy) is 1. The van der Waals surface area contributed by atoms with Crippen molar-refractivity contribution in [2.75, 3.05) is 26.8 Å². The third-order valence-corrected chi connectivity index (χ3v) is 4.26. The van der Waals surface area contributed by atoms with Crippen LogP contribution in [0, 0.1) is 6.92 Å². The lowest BCUT2D eigenvalue weighted by Gasteiger charge is -2.18. The van der Waals surface area contributed by atoms with Gasteiger partial charge in [0.1, 0.15) is 12.4 Å². The molecule has 0 radical (unpaired) electrons. The third-order valence-electron chi connectivity index (χ3n) is 2.55. The van der Waals surface area contributed by atoms with Crippen LogP contribution in [0.15, 0.2) is 11.2 Å². The van der Waals surface area contributed by atoms with Crippen LogP contribution in [0.2, 0.25) is 0 Å². The van der Waals surface area contributed by atoms with Gasteiger partial charge in [-0.15, -0.1) is 0 Å². The number of sulfonamides is 1. The number of aromatic nitrogens is 2. The molecule has 1 N–H and O–H groups in total. The number of hydrogen-bond acceptors (Lipinski definition) is 5. The number of carboxylic acid groups (broad SMARTS) is 1. The van der Waals surface area contributed by atoms with E-state index in [0.29, 0.717) is 5.82 Å². The standard InChI is InChI=1S/C10H17N3O5S/c1-8-11-9(6-12(8)2)19(16,17)13(4-5-18-3)7-10(14)15/h6H,4-5,7H2,1-3H3,(H,14,15). The van der Waals surface area contributed by atoms with E-state index in [-0.39, 0.29) is 18.2 Å². The van der Waals surface area contributed by atoms with Crippen molar-refractivity contribution in [3.8, 4) is 0 Å². The van der Waals surface area contributed by atoms with Crippen LogP contribution in [-0.4, -0.2) is 60.2 Å². The van der Waals surface area contributed by atoms with Gasteiger partial charge >= 0.3 is 5.97 Å². The number of aliphatic carboxylic acids is 1. The van der Waals surface area contributed by atoms with Gasteiger partial charge in [0.05, 0.1) is 6.61 Å². The van der Waals surface area contributed by atoms with Crippen molar-refractivity contribution in [2.24, 2.45) is 7.05 Å². The van der Waals surface area contributed by atoms with Crippen LogP contribution in [0.4, 0.5) is 0 Å². The van der Waals surface area contributed by atoms with Crippen molar-refractivity contribution in [3.05, 3.63) is 12.0 Å². The predicted molar refractivity (Wildman–Crippen MR) is 66.2 cm³/mol. The summed E-state index contributed by atoms with van der Waals surface area (Å²) in [7, 11) is -0.852. The fraction of sp³-hybridized carbons (Fsp3) is 0.600. The number of imidazole rings is 1. The Kier molecular flexibility index (Phi) is 5.04. The maximum absolute atomic E-state index is 12.3. The highest BCUT2D eigenvalue weighted by atomic mass is 32.2. The van der Waals surface area contributed by atoms with Gasteiger partial charge in [-0.25, -0.2) is 13.4 Å². The second kappa shape index (κ2) is 6.13. The molecule has 0 unspecified atom stereocenters. The Hall–Kier alpha value is -1.45. The third kappa shape index (κ3) is 3.75. The van der Waals surface area contributed by atoms with Gasteiger partial charge in [0.15, 0.2) is 5.03 Å². The minimum atomic E-state index is -3.93. The van der Waals surface area contributed by atoms with Crippen LogP contribution < -0.4 is 0 Å². The van der Waals surface area contributed by atoms with Crippen LogP contribution in [-0.2, 0) is 26.6 Å². The van der Waals surface area contributed by atoms with E-state index in [1.807, 2.05) is 0 Å². The average molecular weight is 291 g/mol. The van der Waals surface area contributed by atoms with Crippen LogP contribution in [0.25, 0.3) is 0 Å². The van der Waals surface area contributed by atoms with Crippen molar-refractivity contribution in [3.63, 3.8) is 0 Å². The van der Waals surface area contributed by atoms with Crippen molar-refractivity contribution in [2.45, 2.75) is 11.9 Å². The summed E-state index contributed by atoms with van der Waals surface area (Å²) in [6, 6.07) is 0. The minimum absolute atomic E-state index is 0.0409. The molecule has 0 aliphatic heterocycles. The molecule has 0 aromatic carbocycles. The molecule has 8 nitrogen and oxygen atoms in total. The van der Waals surface area contributed by atoms with Crippen LogP contribution in [0.1, 0.15) is 5.82 Å². The summed E-state index contributed by atoms with van der Waals surface area (Å²) in [6.45, 7) is 1.11. The number of rotatable bonds is 7. The molecule has 0 saturated heterocycles. The molecule has 0 aliphatic rings. The summed E-state index contributed by atoms with van der Waals surface area (Å²) < 4.78 is 31.7. The molecule has 9 heteroatoms. The Balaban J connectivity index is 3.07. The fourth-order valence-corrected chi connectivity index (χ4v) is 2.81. The first-order valence-electron chi connectivity index (χ1n) is 5.50. The number of nitrogens with zero attached hydrogens (tertiary/aromatic N) is 3. The molecule has 0 spiro atoms. The maximum Gasteiger partial charge on any atom is 0.318 e. The zero-order chi connectivity index (χ0) is 14.6. The minimum Gasteiger partial charge on any atom is -0.480 e. The largest absolute Gasteiger partial charge is 0.480 e. The molecular formula is C10H17N3O5S. The highest BCUT2D eigenvalue weighted by Gasteiger charge is 2.28. The lowest BCUT2D eigenvalue weighted by molar-refractivity contribution is -0.137. The number of hydrogen-bond donors (Lipinski definition) is 1. The first-order chi connectivity index (χ1) is 8.78. The zero-order valence-corrected chi connectivity index (χ0v) is 11.8. The molecule has 1 heterocycles. The summed E-state index contributed by atoms with van der Waals surface area (Å²) in [5.41, 5.74) is 0. The van der Waals surface area contributed by atoms with E-state index in [9.17, 15) is 13.2 Å². The van der Waals surface area contributed by atoms with Gasteiger partial charge < -0.3 is 14.4 Å². The Bertz CT molecular complexity index is 532. The van der Waals surface area contributed by atoms with Crippen molar-refractivity contribution in [1.82, 2.24) is 13.9 Å². The molecule has 1 rings (SSSR count). The number of aryl methyl sites for hydroxylation is 2. The van der Waals surface area contributed by atoms with Crippen LogP contribution in [0.5, 0.6) is 0 Å². The van der Waals surface area contributed by atoms with Crippen LogP contribution >= 0.6 is 0 Å². The monoisotopic (exact) mass is 291 g/mol. The van der Waals surface area contributed by atoms with Crippen LogP contribution in [0.3, 0.4) is 0 Å². The van der Waals surface area contributed by atoms with Gasteiger partial charge in [-0.05, 0) is 6.92 Å². The number of carboxylic acids is 1. The van der Waals surface area contributed by atoms with Crippen molar-refractivity contribution in [1.29, 1.82) is 0 Å². The summed E-state index contributed by atoms with van der Waals surface area (Å²) in [5, 5.41) is 8.62. The molecule has 19 heavy (non-hydrogen) atoms. The van der Waals surface area contributed by atoms with Gasteiger partial charge in [0.25, 0.3) is 10.0 Å². The van der Waals surface area contributed by atoms with E-state index >= 15 is 0 Å². The lowest BCUT2D eigenvalue weighted by Crippen LogP contribution is -2.38.